The maximum absolute atomic E-state index is 13.7. The molecule has 0 saturated carbocycles. The number of piperazine rings is 1. The lowest BCUT2D eigenvalue weighted by molar-refractivity contribution is -0.138. The fraction of sp³-hybridized carbons (Fsp3) is 0.391. The molecule has 1 aliphatic rings. The third kappa shape index (κ3) is 4.01. The summed E-state index contributed by atoms with van der Waals surface area (Å²) in [5.74, 6) is 0. The molecule has 0 unspecified atom stereocenters. The highest BCUT2D eigenvalue weighted by molar-refractivity contribution is 6.00. The highest BCUT2D eigenvalue weighted by atomic mass is 19.4. The van der Waals surface area contributed by atoms with Crippen molar-refractivity contribution in [3.63, 3.8) is 0 Å². The first-order valence-corrected chi connectivity index (χ1v) is 9.84. The van der Waals surface area contributed by atoms with Gasteiger partial charge >= 0.3 is 6.18 Å². The van der Waals surface area contributed by atoms with Crippen LogP contribution in [-0.4, -0.2) is 49.6 Å². The summed E-state index contributed by atoms with van der Waals surface area (Å²) in [5.41, 5.74) is -0.0569. The fourth-order valence-electron chi connectivity index (χ4n) is 4.16. The Labute approximate surface area is 163 Å². The molecule has 1 aliphatic heterocycles. The van der Waals surface area contributed by atoms with Crippen LogP contribution in [0.1, 0.15) is 17.5 Å². The number of fused-ring (bicyclic) bond motifs is 2. The summed E-state index contributed by atoms with van der Waals surface area (Å²) < 4.78 is 41.1. The van der Waals surface area contributed by atoms with Gasteiger partial charge in [0, 0.05) is 26.2 Å². The van der Waals surface area contributed by atoms with Crippen molar-refractivity contribution in [1.29, 1.82) is 0 Å². The minimum Gasteiger partial charge on any atom is -0.304 e. The maximum atomic E-state index is 13.7. The van der Waals surface area contributed by atoms with Crippen molar-refractivity contribution in [1.82, 2.24) is 9.80 Å². The second-order valence-corrected chi connectivity index (χ2v) is 7.76. The molecule has 4 rings (SSSR count). The molecule has 0 N–H and O–H groups in total. The van der Waals surface area contributed by atoms with Gasteiger partial charge in [0.25, 0.3) is 0 Å². The highest BCUT2D eigenvalue weighted by Gasteiger charge is 2.33. The number of hydrogen-bond donors (Lipinski definition) is 0. The monoisotopic (exact) mass is 386 g/mol. The van der Waals surface area contributed by atoms with Gasteiger partial charge in [0.05, 0.1) is 5.56 Å². The van der Waals surface area contributed by atoms with Crippen LogP contribution < -0.4 is 0 Å². The highest BCUT2D eigenvalue weighted by Crippen LogP contribution is 2.37. The van der Waals surface area contributed by atoms with Crippen molar-refractivity contribution in [2.75, 3.05) is 39.8 Å². The Bertz CT molecular complexity index is 973. The van der Waals surface area contributed by atoms with E-state index in [-0.39, 0.29) is 0 Å². The van der Waals surface area contributed by atoms with E-state index in [4.69, 9.17) is 0 Å². The van der Waals surface area contributed by atoms with E-state index in [1.165, 1.54) is 6.07 Å². The summed E-state index contributed by atoms with van der Waals surface area (Å²) in [6, 6.07) is 14.6. The van der Waals surface area contributed by atoms with Crippen LogP contribution in [0, 0.1) is 0 Å². The molecule has 0 aliphatic carbocycles. The largest absolute Gasteiger partial charge is 0.416 e. The zero-order valence-corrected chi connectivity index (χ0v) is 16.1. The molecule has 0 bridgehead atoms. The van der Waals surface area contributed by atoms with Gasteiger partial charge in [-0.1, -0.05) is 30.3 Å². The van der Waals surface area contributed by atoms with Crippen molar-refractivity contribution in [2.45, 2.75) is 19.0 Å². The van der Waals surface area contributed by atoms with Gasteiger partial charge in [-0.2, -0.15) is 13.2 Å². The molecular weight excluding hydrogens is 361 g/mol. The molecule has 3 aromatic rings. The zero-order valence-electron chi connectivity index (χ0n) is 16.1. The Morgan fingerprint density at radius 1 is 0.857 bits per heavy atom. The summed E-state index contributed by atoms with van der Waals surface area (Å²) in [6.45, 7) is 4.86. The van der Waals surface area contributed by atoms with Gasteiger partial charge in [0.2, 0.25) is 0 Å². The van der Waals surface area contributed by atoms with E-state index in [0.29, 0.717) is 12.0 Å². The number of benzene rings is 3. The molecule has 0 amide bonds. The first-order valence-electron chi connectivity index (χ1n) is 9.84. The Morgan fingerprint density at radius 2 is 1.54 bits per heavy atom. The molecule has 3 aromatic carbocycles. The molecule has 1 fully saturated rings. The number of alkyl halides is 3. The molecule has 5 heteroatoms. The fourth-order valence-corrected chi connectivity index (χ4v) is 4.16. The predicted molar refractivity (Wildman–Crippen MR) is 109 cm³/mol. The van der Waals surface area contributed by atoms with Crippen molar-refractivity contribution < 1.29 is 13.2 Å². The summed E-state index contributed by atoms with van der Waals surface area (Å²) in [7, 11) is 2.10. The standard InChI is InChI=1S/C23H25F3N2/c1-27-11-13-28(14-12-27)10-4-7-20-21-16-18-6-3-2-5-17(18)15-19(21)8-9-22(20)23(24,25)26/h2-3,5-6,8-9,15-16H,4,7,10-14H2,1H3. The maximum Gasteiger partial charge on any atom is 0.416 e. The number of likely N-dealkylation sites (N-methyl/N-ethyl adjacent to an activating group) is 1. The van der Waals surface area contributed by atoms with E-state index in [1.807, 2.05) is 36.4 Å². The smallest absolute Gasteiger partial charge is 0.304 e. The number of halogens is 3. The first-order chi connectivity index (χ1) is 13.4. The average Bonchev–Trinajstić information content (AvgIpc) is 2.67. The Morgan fingerprint density at radius 3 is 2.21 bits per heavy atom. The van der Waals surface area contributed by atoms with Crippen LogP contribution in [-0.2, 0) is 12.6 Å². The number of nitrogens with zero attached hydrogens (tertiary/aromatic N) is 2. The summed E-state index contributed by atoms with van der Waals surface area (Å²) in [5, 5.41) is 3.64. The molecule has 0 radical (unpaired) electrons. The summed E-state index contributed by atoms with van der Waals surface area (Å²) in [4.78, 5) is 4.64. The molecule has 148 valence electrons. The van der Waals surface area contributed by atoms with Crippen LogP contribution in [0.15, 0.2) is 48.5 Å². The number of hydrogen-bond acceptors (Lipinski definition) is 2. The number of rotatable bonds is 4. The van der Waals surface area contributed by atoms with Crippen LogP contribution in [0.3, 0.4) is 0 Å². The van der Waals surface area contributed by atoms with Gasteiger partial charge in [-0.3, -0.25) is 0 Å². The first kappa shape index (κ1) is 19.2. The molecule has 0 spiro atoms. The molecule has 2 nitrogen and oxygen atoms in total. The van der Waals surface area contributed by atoms with Crippen LogP contribution in [0.25, 0.3) is 21.5 Å². The minimum absolute atomic E-state index is 0.435. The Kier molecular flexibility index (Phi) is 5.30. The van der Waals surface area contributed by atoms with E-state index in [9.17, 15) is 13.2 Å². The lowest BCUT2D eigenvalue weighted by Gasteiger charge is -2.32. The lowest BCUT2D eigenvalue weighted by atomic mass is 9.93. The molecular formula is C23H25F3N2. The quantitative estimate of drug-likeness (QED) is 0.569. The SMILES string of the molecule is CN1CCN(CCCc2c(C(F)(F)F)ccc3cc4ccccc4cc23)CC1. The van der Waals surface area contributed by atoms with Crippen LogP contribution in [0.4, 0.5) is 13.2 Å². The van der Waals surface area contributed by atoms with Gasteiger partial charge in [0.1, 0.15) is 0 Å². The Balaban J connectivity index is 1.66. The second kappa shape index (κ2) is 7.72. The molecule has 1 heterocycles. The van der Waals surface area contributed by atoms with E-state index in [2.05, 4.69) is 16.8 Å². The Hall–Kier alpha value is -2.11. The van der Waals surface area contributed by atoms with E-state index < -0.39 is 11.7 Å². The normalized spacial score (nSPS) is 16.9. The number of aryl methyl sites for hydroxylation is 1. The van der Waals surface area contributed by atoms with E-state index in [1.54, 1.807) is 6.07 Å². The minimum atomic E-state index is -4.33. The van der Waals surface area contributed by atoms with Gasteiger partial charge in [-0.25, -0.2) is 0 Å². The third-order valence-electron chi connectivity index (χ3n) is 5.80. The van der Waals surface area contributed by atoms with Gasteiger partial charge in [-0.05, 0) is 71.7 Å². The van der Waals surface area contributed by atoms with Gasteiger partial charge < -0.3 is 9.80 Å². The van der Waals surface area contributed by atoms with Crippen molar-refractivity contribution in [3.05, 3.63) is 59.7 Å². The van der Waals surface area contributed by atoms with E-state index in [0.717, 1.165) is 60.7 Å². The van der Waals surface area contributed by atoms with Gasteiger partial charge in [-0.15, -0.1) is 0 Å². The lowest BCUT2D eigenvalue weighted by Crippen LogP contribution is -2.44. The molecule has 1 saturated heterocycles. The van der Waals surface area contributed by atoms with Crippen LogP contribution in [0.2, 0.25) is 0 Å². The second-order valence-electron chi connectivity index (χ2n) is 7.76. The van der Waals surface area contributed by atoms with Crippen molar-refractivity contribution >= 4 is 21.5 Å². The van der Waals surface area contributed by atoms with Crippen molar-refractivity contribution in [3.8, 4) is 0 Å². The van der Waals surface area contributed by atoms with Crippen molar-refractivity contribution in [2.24, 2.45) is 0 Å². The van der Waals surface area contributed by atoms with E-state index >= 15 is 0 Å². The van der Waals surface area contributed by atoms with Gasteiger partial charge in [0.15, 0.2) is 0 Å². The topological polar surface area (TPSA) is 6.48 Å². The molecule has 0 atom stereocenters. The average molecular weight is 386 g/mol. The van der Waals surface area contributed by atoms with Crippen LogP contribution in [0.5, 0.6) is 0 Å². The zero-order chi connectivity index (χ0) is 19.7. The predicted octanol–water partition coefficient (Wildman–Crippen LogP) is 5.19. The summed E-state index contributed by atoms with van der Waals surface area (Å²) in [6.07, 6.45) is -3.15. The van der Waals surface area contributed by atoms with Crippen LogP contribution >= 0.6 is 0 Å². The summed E-state index contributed by atoms with van der Waals surface area (Å²) >= 11 is 0. The molecule has 28 heavy (non-hydrogen) atoms. The third-order valence-corrected chi connectivity index (χ3v) is 5.80. The molecule has 0 aromatic heterocycles.